The maximum Gasteiger partial charge on any atom is 0.433 e. The number of aromatic nitrogens is 4. The van der Waals surface area contributed by atoms with Crippen LogP contribution in [-0.4, -0.2) is 84.9 Å². The van der Waals surface area contributed by atoms with E-state index in [0.717, 1.165) is 89.4 Å². The van der Waals surface area contributed by atoms with E-state index >= 15 is 0 Å². The fraction of sp³-hybridized carbons (Fsp3) is 0.692. The van der Waals surface area contributed by atoms with E-state index in [1.165, 1.54) is 12.3 Å². The number of likely N-dealkylation sites (tertiary alicyclic amines) is 3. The van der Waals surface area contributed by atoms with Crippen LogP contribution in [0.2, 0.25) is 0 Å². The highest BCUT2D eigenvalue weighted by Gasteiger charge is 2.57. The number of alkyl halides is 3. The number of nitrogens with zero attached hydrogens (tertiary/aromatic N) is 7. The monoisotopic (exact) mass is 531 g/mol. The zero-order valence-electron chi connectivity index (χ0n) is 21.2. The molecule has 204 valence electrons. The van der Waals surface area contributed by atoms with E-state index in [9.17, 15) is 23.1 Å². The number of hydrogen-bond acceptors (Lipinski definition) is 6. The first-order valence-corrected chi connectivity index (χ1v) is 13.5. The van der Waals surface area contributed by atoms with Gasteiger partial charge in [-0.2, -0.15) is 18.3 Å². The number of amides is 2. The molecule has 2 aromatic rings. The lowest BCUT2D eigenvalue weighted by atomic mass is 9.60. The summed E-state index contributed by atoms with van der Waals surface area (Å²) in [5, 5.41) is 14.7. The standard InChI is InChI=1S/C26H32F3N7O2/c27-26(28,29)20-2-1-18(11-30-20)12-33-7-5-23(6-8-33)13-34(14-23)22(37)35-15-24(16-35)9-19(10-24)36-17-31-21(32-36)25(38)3-4-25/h1-2,11,17,19,38H,3-10,12-16H2. The quantitative estimate of drug-likeness (QED) is 0.653. The summed E-state index contributed by atoms with van der Waals surface area (Å²) in [6.07, 6.45) is 4.08. The average Bonchev–Trinajstić information content (AvgIpc) is 3.36. The molecule has 2 saturated carbocycles. The number of halogens is 3. The van der Waals surface area contributed by atoms with Crippen LogP contribution in [0.3, 0.4) is 0 Å². The van der Waals surface area contributed by atoms with Crippen molar-refractivity contribution < 1.29 is 23.1 Å². The van der Waals surface area contributed by atoms with Crippen molar-refractivity contribution in [1.82, 2.24) is 34.4 Å². The highest BCUT2D eigenvalue weighted by atomic mass is 19.4. The minimum atomic E-state index is -4.41. The molecule has 5 aliphatic rings. The smallest absolute Gasteiger partial charge is 0.382 e. The molecule has 2 aliphatic carbocycles. The molecular weight excluding hydrogens is 499 g/mol. The second-order valence-corrected chi connectivity index (χ2v) is 12.5. The van der Waals surface area contributed by atoms with Crippen LogP contribution in [0.5, 0.6) is 0 Å². The third-order valence-corrected chi connectivity index (χ3v) is 9.44. The summed E-state index contributed by atoms with van der Waals surface area (Å²) < 4.78 is 40.1. The molecular formula is C26H32F3N7O2. The SMILES string of the molecule is O=C(N1CC2(CCN(Cc3ccc(C(F)(F)F)nc3)CC2)C1)N1CC2(CC(n3cnc(C4(O)CC4)n3)C2)C1. The van der Waals surface area contributed by atoms with Gasteiger partial charge in [0.05, 0.1) is 6.04 Å². The van der Waals surface area contributed by atoms with Gasteiger partial charge in [0.15, 0.2) is 5.82 Å². The van der Waals surface area contributed by atoms with Crippen LogP contribution in [0, 0.1) is 10.8 Å². The Bertz CT molecular complexity index is 1210. The van der Waals surface area contributed by atoms with Crippen molar-refractivity contribution in [3.05, 3.63) is 41.7 Å². The molecule has 12 heteroatoms. The third-order valence-electron chi connectivity index (χ3n) is 9.44. The molecule has 3 saturated heterocycles. The van der Waals surface area contributed by atoms with Crippen LogP contribution in [0.25, 0.3) is 0 Å². The van der Waals surface area contributed by atoms with E-state index < -0.39 is 17.5 Å². The number of carbonyl (C=O) groups is 1. The second-order valence-electron chi connectivity index (χ2n) is 12.5. The van der Waals surface area contributed by atoms with Crippen LogP contribution in [0.1, 0.15) is 61.6 Å². The molecule has 1 N–H and O–H groups in total. The predicted octanol–water partition coefficient (Wildman–Crippen LogP) is 3.03. The Labute approximate surface area is 218 Å². The molecule has 2 amide bonds. The maximum atomic E-state index is 13.0. The molecule has 7 rings (SSSR count). The van der Waals surface area contributed by atoms with Gasteiger partial charge in [0, 0.05) is 49.8 Å². The number of carbonyl (C=O) groups excluding carboxylic acids is 1. The first kappa shape index (κ1) is 24.3. The van der Waals surface area contributed by atoms with Crippen LogP contribution in [0.4, 0.5) is 18.0 Å². The lowest BCUT2D eigenvalue weighted by Gasteiger charge is -2.61. The van der Waals surface area contributed by atoms with Crippen molar-refractivity contribution in [2.24, 2.45) is 10.8 Å². The lowest BCUT2D eigenvalue weighted by molar-refractivity contribution is -0.141. The van der Waals surface area contributed by atoms with E-state index in [4.69, 9.17) is 0 Å². The molecule has 2 aromatic heterocycles. The predicted molar refractivity (Wildman–Crippen MR) is 129 cm³/mol. The third kappa shape index (κ3) is 4.16. The van der Waals surface area contributed by atoms with Crippen molar-refractivity contribution in [1.29, 1.82) is 0 Å². The number of rotatable bonds is 4. The highest BCUT2D eigenvalue weighted by Crippen LogP contribution is 2.55. The molecule has 2 spiro atoms. The van der Waals surface area contributed by atoms with E-state index in [1.807, 2.05) is 14.5 Å². The van der Waals surface area contributed by atoms with Crippen molar-refractivity contribution in [3.8, 4) is 0 Å². The normalized spacial score (nSPS) is 25.7. The number of piperidine rings is 1. The van der Waals surface area contributed by atoms with Gasteiger partial charge in [-0.3, -0.25) is 9.88 Å². The fourth-order valence-electron chi connectivity index (χ4n) is 6.83. The van der Waals surface area contributed by atoms with Crippen LogP contribution in [0.15, 0.2) is 24.7 Å². The van der Waals surface area contributed by atoms with Gasteiger partial charge >= 0.3 is 12.2 Å². The van der Waals surface area contributed by atoms with E-state index in [0.29, 0.717) is 18.4 Å². The van der Waals surface area contributed by atoms with Crippen LogP contribution >= 0.6 is 0 Å². The Kier molecular flexibility index (Phi) is 5.21. The van der Waals surface area contributed by atoms with Gasteiger partial charge in [-0.25, -0.2) is 14.5 Å². The van der Waals surface area contributed by atoms with E-state index in [1.54, 1.807) is 6.33 Å². The fourth-order valence-corrected chi connectivity index (χ4v) is 6.83. The zero-order chi connectivity index (χ0) is 26.3. The summed E-state index contributed by atoms with van der Waals surface area (Å²) in [5.41, 5.74) is -0.508. The Hall–Kier alpha value is -2.73. The Balaban J connectivity index is 0.839. The highest BCUT2D eigenvalue weighted by molar-refractivity contribution is 5.76. The van der Waals surface area contributed by atoms with Crippen molar-refractivity contribution >= 4 is 6.03 Å². The molecule has 3 aliphatic heterocycles. The topological polar surface area (TPSA) is 90.6 Å². The summed E-state index contributed by atoms with van der Waals surface area (Å²) in [7, 11) is 0. The molecule has 0 radical (unpaired) electrons. The first-order valence-electron chi connectivity index (χ1n) is 13.5. The molecule has 0 aromatic carbocycles. The van der Waals surface area contributed by atoms with Crippen molar-refractivity contribution in [2.75, 3.05) is 39.3 Å². The molecule has 5 heterocycles. The lowest BCUT2D eigenvalue weighted by Crippen LogP contribution is -2.70. The molecule has 5 fully saturated rings. The molecule has 0 unspecified atom stereocenters. The van der Waals surface area contributed by atoms with E-state index in [2.05, 4.69) is 20.0 Å². The van der Waals surface area contributed by atoms with Gasteiger partial charge in [0.25, 0.3) is 0 Å². The van der Waals surface area contributed by atoms with Gasteiger partial charge < -0.3 is 14.9 Å². The molecule has 38 heavy (non-hydrogen) atoms. The Morgan fingerprint density at radius 2 is 1.63 bits per heavy atom. The van der Waals surface area contributed by atoms with Gasteiger partial charge in [-0.05, 0) is 63.2 Å². The van der Waals surface area contributed by atoms with Gasteiger partial charge in [0.1, 0.15) is 17.6 Å². The summed E-state index contributed by atoms with van der Waals surface area (Å²) in [6, 6.07) is 2.99. The van der Waals surface area contributed by atoms with Crippen LogP contribution < -0.4 is 0 Å². The Morgan fingerprint density at radius 1 is 0.974 bits per heavy atom. The summed E-state index contributed by atoms with van der Waals surface area (Å²) in [4.78, 5) is 27.1. The Morgan fingerprint density at radius 3 is 2.21 bits per heavy atom. The molecule has 0 bridgehead atoms. The summed E-state index contributed by atoms with van der Waals surface area (Å²) in [5.74, 6) is 0.540. The largest absolute Gasteiger partial charge is 0.433 e. The number of hydrogen-bond donors (Lipinski definition) is 1. The van der Waals surface area contributed by atoms with Gasteiger partial charge in [0.2, 0.25) is 0 Å². The minimum Gasteiger partial charge on any atom is -0.382 e. The number of pyridine rings is 1. The van der Waals surface area contributed by atoms with Crippen LogP contribution in [-0.2, 0) is 18.3 Å². The van der Waals surface area contributed by atoms with Gasteiger partial charge in [-0.15, -0.1) is 0 Å². The number of urea groups is 1. The zero-order valence-corrected chi connectivity index (χ0v) is 21.2. The van der Waals surface area contributed by atoms with E-state index in [-0.39, 0.29) is 16.9 Å². The van der Waals surface area contributed by atoms with Crippen molar-refractivity contribution in [3.63, 3.8) is 0 Å². The average molecular weight is 532 g/mol. The maximum absolute atomic E-state index is 13.0. The number of aliphatic hydroxyl groups is 1. The molecule has 9 nitrogen and oxygen atoms in total. The van der Waals surface area contributed by atoms with Gasteiger partial charge in [-0.1, -0.05) is 6.07 Å². The summed E-state index contributed by atoms with van der Waals surface area (Å²) in [6.45, 7) is 5.52. The first-order chi connectivity index (χ1) is 18.0. The minimum absolute atomic E-state index is 0.141. The summed E-state index contributed by atoms with van der Waals surface area (Å²) >= 11 is 0. The molecule has 0 atom stereocenters. The van der Waals surface area contributed by atoms with Crippen molar-refractivity contribution in [2.45, 2.75) is 62.9 Å². The second kappa shape index (κ2) is 8.14.